The number of hydrogen-bond acceptors (Lipinski definition) is 3. The third-order valence-electron chi connectivity index (χ3n) is 4.36. The lowest BCUT2D eigenvalue weighted by Crippen LogP contribution is -2.48. The Bertz CT molecular complexity index is 794. The van der Waals surface area contributed by atoms with E-state index in [1.807, 2.05) is 0 Å². The van der Waals surface area contributed by atoms with Gasteiger partial charge in [0, 0.05) is 11.6 Å². The number of amides is 1. The van der Waals surface area contributed by atoms with E-state index in [1.54, 1.807) is 6.07 Å². The normalized spacial score (nSPS) is 15.9. The molecule has 1 aromatic rings. The molecule has 1 aromatic carbocycles. The molecule has 1 aliphatic rings. The number of sulfonamides is 1. The highest BCUT2D eigenvalue weighted by atomic mass is 35.5. The minimum absolute atomic E-state index is 0.194. The summed E-state index contributed by atoms with van der Waals surface area (Å²) in [4.78, 5) is 12.5. The molecule has 1 atom stereocenters. The lowest BCUT2D eigenvalue weighted by Gasteiger charge is -2.29. The number of nitrogens with one attached hydrogen (secondary N) is 1. The summed E-state index contributed by atoms with van der Waals surface area (Å²) in [5.74, 6) is -0.372. The van der Waals surface area contributed by atoms with Gasteiger partial charge in [0.2, 0.25) is 15.9 Å². The van der Waals surface area contributed by atoms with Crippen molar-refractivity contribution in [3.63, 3.8) is 0 Å². The van der Waals surface area contributed by atoms with Crippen LogP contribution in [0.25, 0.3) is 0 Å². The van der Waals surface area contributed by atoms with Crippen LogP contribution in [0.5, 0.6) is 0 Å². The van der Waals surface area contributed by atoms with E-state index in [1.165, 1.54) is 37.5 Å². The molecule has 0 bridgehead atoms. The maximum Gasteiger partial charge on any atom is 0.243 e. The van der Waals surface area contributed by atoms with Crippen LogP contribution in [0.15, 0.2) is 29.8 Å². The Morgan fingerprint density at radius 1 is 1.31 bits per heavy atom. The average Bonchev–Trinajstić information content (AvgIpc) is 2.57. The molecule has 5 nitrogen and oxygen atoms in total. The Morgan fingerprint density at radius 3 is 2.65 bits per heavy atom. The van der Waals surface area contributed by atoms with Gasteiger partial charge in [-0.2, -0.15) is 0 Å². The zero-order chi connectivity index (χ0) is 19.3. The molecule has 144 valence electrons. The predicted octanol–water partition coefficient (Wildman–Crippen LogP) is 4.15. The molecule has 1 N–H and O–H groups in total. The molecular formula is C18H24Cl2N2O3S. The van der Waals surface area contributed by atoms with Gasteiger partial charge in [0.15, 0.2) is 0 Å². The molecule has 0 saturated carbocycles. The topological polar surface area (TPSA) is 66.5 Å². The summed E-state index contributed by atoms with van der Waals surface area (Å²) in [7, 11) is -3.73. The highest BCUT2D eigenvalue weighted by Crippen LogP contribution is 2.32. The van der Waals surface area contributed by atoms with Crippen LogP contribution in [0.4, 0.5) is 5.69 Å². The first-order chi connectivity index (χ1) is 12.2. The van der Waals surface area contributed by atoms with Crippen molar-refractivity contribution in [3.05, 3.63) is 39.9 Å². The fourth-order valence-electron chi connectivity index (χ4n) is 3.06. The third-order valence-corrected chi connectivity index (χ3v) is 6.15. The van der Waals surface area contributed by atoms with Gasteiger partial charge in [-0.25, -0.2) is 8.42 Å². The maximum atomic E-state index is 12.5. The van der Waals surface area contributed by atoms with Gasteiger partial charge in [0.1, 0.15) is 6.04 Å². The van der Waals surface area contributed by atoms with Crippen LogP contribution in [-0.2, 0) is 14.8 Å². The number of anilines is 1. The molecule has 1 aliphatic carbocycles. The quantitative estimate of drug-likeness (QED) is 0.675. The largest absolute Gasteiger partial charge is 0.354 e. The maximum absolute atomic E-state index is 12.5. The number of allylic oxidation sites excluding steroid dienone is 1. The fourth-order valence-corrected chi connectivity index (χ4v) is 4.66. The first kappa shape index (κ1) is 21.1. The Kier molecular flexibility index (Phi) is 7.38. The third kappa shape index (κ3) is 5.63. The Morgan fingerprint density at radius 2 is 2.04 bits per heavy atom. The Balaban J connectivity index is 2.11. The minimum Gasteiger partial charge on any atom is -0.354 e. The van der Waals surface area contributed by atoms with Crippen LogP contribution in [0.1, 0.15) is 39.0 Å². The molecule has 0 heterocycles. The van der Waals surface area contributed by atoms with Crippen molar-refractivity contribution < 1.29 is 13.2 Å². The van der Waals surface area contributed by atoms with Crippen LogP contribution < -0.4 is 9.62 Å². The second kappa shape index (κ2) is 9.11. The van der Waals surface area contributed by atoms with E-state index in [9.17, 15) is 13.2 Å². The molecule has 2 rings (SSSR count). The van der Waals surface area contributed by atoms with Crippen molar-refractivity contribution in [2.75, 3.05) is 17.1 Å². The molecule has 26 heavy (non-hydrogen) atoms. The average molecular weight is 419 g/mol. The number of halogens is 2. The standard InChI is InChI=1S/C18H24Cl2N2O3S/c1-13(18(23)21-11-10-14-6-4-3-5-7-14)22(26(2,24)25)17-12-15(19)8-9-16(17)20/h6,8-9,12-13H,3-5,7,10-11H2,1-2H3,(H,21,23). The molecule has 0 fully saturated rings. The van der Waals surface area contributed by atoms with Gasteiger partial charge in [-0.1, -0.05) is 34.9 Å². The van der Waals surface area contributed by atoms with Gasteiger partial charge >= 0.3 is 0 Å². The van der Waals surface area contributed by atoms with E-state index in [-0.39, 0.29) is 16.6 Å². The van der Waals surface area contributed by atoms with Crippen LogP contribution in [-0.4, -0.2) is 33.2 Å². The molecule has 0 aliphatic heterocycles. The fraction of sp³-hybridized carbons (Fsp3) is 0.500. The first-order valence-corrected chi connectivity index (χ1v) is 11.2. The summed E-state index contributed by atoms with van der Waals surface area (Å²) in [6.45, 7) is 2.02. The number of benzene rings is 1. The SMILES string of the molecule is CC(C(=O)NCCC1=CCCCC1)N(c1cc(Cl)ccc1Cl)S(C)(=O)=O. The number of nitrogens with zero attached hydrogens (tertiary/aromatic N) is 1. The second-order valence-electron chi connectivity index (χ2n) is 6.48. The van der Waals surface area contributed by atoms with Crippen molar-refractivity contribution in [2.24, 2.45) is 0 Å². The number of carbonyl (C=O) groups excluding carboxylic acids is 1. The van der Waals surface area contributed by atoms with Crippen molar-refractivity contribution in [1.82, 2.24) is 5.32 Å². The summed E-state index contributed by atoms with van der Waals surface area (Å²) in [5, 5.41) is 3.38. The molecule has 0 aromatic heterocycles. The van der Waals surface area contributed by atoms with Gasteiger partial charge < -0.3 is 5.32 Å². The molecule has 0 radical (unpaired) electrons. The van der Waals surface area contributed by atoms with Gasteiger partial charge in [0.05, 0.1) is 17.0 Å². The number of hydrogen-bond donors (Lipinski definition) is 1. The smallest absolute Gasteiger partial charge is 0.243 e. The van der Waals surface area contributed by atoms with E-state index in [0.717, 1.165) is 29.8 Å². The van der Waals surface area contributed by atoms with E-state index in [4.69, 9.17) is 23.2 Å². The van der Waals surface area contributed by atoms with Gasteiger partial charge in [0.25, 0.3) is 0 Å². The van der Waals surface area contributed by atoms with Gasteiger partial charge in [-0.3, -0.25) is 9.10 Å². The first-order valence-electron chi connectivity index (χ1n) is 8.60. The summed E-state index contributed by atoms with van der Waals surface area (Å²) >= 11 is 12.1. The summed E-state index contributed by atoms with van der Waals surface area (Å²) in [6, 6.07) is 3.58. The van der Waals surface area contributed by atoms with Crippen molar-refractivity contribution in [3.8, 4) is 0 Å². The summed E-state index contributed by atoms with van der Waals surface area (Å²) < 4.78 is 25.6. The summed E-state index contributed by atoms with van der Waals surface area (Å²) in [5.41, 5.74) is 1.54. The van der Waals surface area contributed by atoms with E-state index < -0.39 is 16.1 Å². The van der Waals surface area contributed by atoms with E-state index in [0.29, 0.717) is 11.6 Å². The molecule has 1 unspecified atom stereocenters. The number of carbonyl (C=O) groups is 1. The molecule has 0 spiro atoms. The zero-order valence-corrected chi connectivity index (χ0v) is 17.3. The Hall–Kier alpha value is -1.24. The molecular weight excluding hydrogens is 395 g/mol. The van der Waals surface area contributed by atoms with Crippen molar-refractivity contribution in [2.45, 2.75) is 45.1 Å². The molecule has 8 heteroatoms. The van der Waals surface area contributed by atoms with Crippen molar-refractivity contribution >= 4 is 44.8 Å². The van der Waals surface area contributed by atoms with Gasteiger partial charge in [-0.05, 0) is 57.2 Å². The van der Waals surface area contributed by atoms with Crippen LogP contribution in [0.2, 0.25) is 10.0 Å². The highest BCUT2D eigenvalue weighted by molar-refractivity contribution is 7.92. The highest BCUT2D eigenvalue weighted by Gasteiger charge is 2.30. The molecule has 1 amide bonds. The monoisotopic (exact) mass is 418 g/mol. The lowest BCUT2D eigenvalue weighted by atomic mass is 9.97. The Labute approximate surface area is 165 Å². The lowest BCUT2D eigenvalue weighted by molar-refractivity contribution is -0.121. The van der Waals surface area contributed by atoms with Crippen LogP contribution >= 0.6 is 23.2 Å². The summed E-state index contributed by atoms with van der Waals surface area (Å²) in [6.07, 6.45) is 8.62. The van der Waals surface area contributed by atoms with Crippen LogP contribution in [0.3, 0.4) is 0 Å². The zero-order valence-electron chi connectivity index (χ0n) is 15.0. The second-order valence-corrected chi connectivity index (χ2v) is 9.18. The van der Waals surface area contributed by atoms with Crippen molar-refractivity contribution in [1.29, 1.82) is 0 Å². The van der Waals surface area contributed by atoms with E-state index in [2.05, 4.69) is 11.4 Å². The minimum atomic E-state index is -3.73. The number of rotatable bonds is 7. The predicted molar refractivity (Wildman–Crippen MR) is 107 cm³/mol. The van der Waals surface area contributed by atoms with Crippen LogP contribution in [0, 0.1) is 0 Å². The molecule has 0 saturated heterocycles. The van der Waals surface area contributed by atoms with Gasteiger partial charge in [-0.15, -0.1) is 0 Å². The van der Waals surface area contributed by atoms with E-state index >= 15 is 0 Å².